The molecule has 0 N–H and O–H groups in total. The van der Waals surface area contributed by atoms with Gasteiger partial charge in [0.05, 0.1) is 12.1 Å². The van der Waals surface area contributed by atoms with Crippen LogP contribution in [-0.4, -0.2) is 53.6 Å². The lowest BCUT2D eigenvalue weighted by Gasteiger charge is -2.34. The summed E-state index contributed by atoms with van der Waals surface area (Å²) >= 11 is 0. The minimum Gasteiger partial charge on any atom is -0.361 e. The average Bonchev–Trinajstić information content (AvgIpc) is 3.12. The smallest absolute Gasteiger partial charge is 0.230 e. The van der Waals surface area contributed by atoms with Crippen molar-refractivity contribution in [2.75, 3.05) is 32.7 Å². The third kappa shape index (κ3) is 3.35. The number of aryl methyl sites for hydroxylation is 1. The summed E-state index contributed by atoms with van der Waals surface area (Å²) in [5.74, 6) is 1.75. The highest BCUT2D eigenvalue weighted by molar-refractivity contribution is 5.78. The van der Waals surface area contributed by atoms with E-state index in [0.29, 0.717) is 12.2 Å². The highest BCUT2D eigenvalue weighted by Gasteiger charge is 2.27. The normalized spacial score (nSPS) is 20.8. The van der Waals surface area contributed by atoms with Crippen LogP contribution in [0.3, 0.4) is 0 Å². The van der Waals surface area contributed by atoms with Crippen molar-refractivity contribution in [3.63, 3.8) is 0 Å². The minimum absolute atomic E-state index is 0.155. The van der Waals surface area contributed by atoms with Crippen LogP contribution in [0.2, 0.25) is 0 Å². The van der Waals surface area contributed by atoms with Crippen molar-refractivity contribution in [2.45, 2.75) is 26.2 Å². The van der Waals surface area contributed by atoms with Gasteiger partial charge in [0.2, 0.25) is 5.91 Å². The van der Waals surface area contributed by atoms with Gasteiger partial charge in [-0.2, -0.15) is 0 Å². The second-order valence-corrected chi connectivity index (χ2v) is 5.74. The molecule has 0 atom stereocenters. The van der Waals surface area contributed by atoms with Crippen LogP contribution in [0.5, 0.6) is 0 Å². The second-order valence-electron chi connectivity index (χ2n) is 5.74. The first-order valence-electron chi connectivity index (χ1n) is 7.13. The number of amides is 1. The molecule has 0 bridgehead atoms. The molecule has 1 saturated carbocycles. The Morgan fingerprint density at radius 1 is 1.37 bits per heavy atom. The van der Waals surface area contributed by atoms with Crippen molar-refractivity contribution in [3.05, 3.63) is 17.5 Å². The van der Waals surface area contributed by atoms with Crippen molar-refractivity contribution in [2.24, 2.45) is 5.92 Å². The number of carbonyl (C=O) groups excluding carboxylic acids is 1. The van der Waals surface area contributed by atoms with Crippen LogP contribution >= 0.6 is 0 Å². The lowest BCUT2D eigenvalue weighted by atomic mass is 10.2. The van der Waals surface area contributed by atoms with Crippen molar-refractivity contribution in [1.29, 1.82) is 0 Å². The zero-order valence-corrected chi connectivity index (χ0v) is 11.5. The van der Waals surface area contributed by atoms with Gasteiger partial charge < -0.3 is 9.42 Å². The zero-order valence-electron chi connectivity index (χ0n) is 11.5. The first-order valence-corrected chi connectivity index (χ1v) is 7.13. The summed E-state index contributed by atoms with van der Waals surface area (Å²) in [4.78, 5) is 16.6. The molecule has 0 aromatic carbocycles. The number of piperazine rings is 1. The molecule has 104 valence electrons. The largest absolute Gasteiger partial charge is 0.361 e. The summed E-state index contributed by atoms with van der Waals surface area (Å²) < 4.78 is 5.10. The predicted octanol–water partition coefficient (Wildman–Crippen LogP) is 1.08. The Hall–Kier alpha value is -1.36. The van der Waals surface area contributed by atoms with E-state index in [0.717, 1.165) is 37.8 Å². The van der Waals surface area contributed by atoms with Crippen LogP contribution in [0.25, 0.3) is 0 Å². The molecule has 1 saturated heterocycles. The Morgan fingerprint density at radius 3 is 2.68 bits per heavy atom. The van der Waals surface area contributed by atoms with E-state index in [9.17, 15) is 4.79 Å². The van der Waals surface area contributed by atoms with Crippen molar-refractivity contribution < 1.29 is 9.32 Å². The van der Waals surface area contributed by atoms with Gasteiger partial charge in [0.1, 0.15) is 5.76 Å². The van der Waals surface area contributed by atoms with E-state index in [1.165, 1.54) is 19.4 Å². The van der Waals surface area contributed by atoms with Crippen LogP contribution in [-0.2, 0) is 11.2 Å². The maximum Gasteiger partial charge on any atom is 0.230 e. The lowest BCUT2D eigenvalue weighted by molar-refractivity contribution is -0.132. The summed E-state index contributed by atoms with van der Waals surface area (Å²) in [6.07, 6.45) is 3.12. The fourth-order valence-electron chi connectivity index (χ4n) is 2.61. The van der Waals surface area contributed by atoms with Gasteiger partial charge in [-0.15, -0.1) is 0 Å². The molecular weight excluding hydrogens is 242 g/mol. The SMILES string of the molecule is Cc1cc(CC(=O)N2CCN(CC3CC3)CC2)on1. The Balaban J connectivity index is 1.46. The molecule has 19 heavy (non-hydrogen) atoms. The van der Waals surface area contributed by atoms with E-state index >= 15 is 0 Å². The highest BCUT2D eigenvalue weighted by atomic mass is 16.5. The average molecular weight is 263 g/mol. The van der Waals surface area contributed by atoms with E-state index in [1.54, 1.807) is 0 Å². The second kappa shape index (κ2) is 5.33. The minimum atomic E-state index is 0.155. The fraction of sp³-hybridized carbons (Fsp3) is 0.714. The van der Waals surface area contributed by atoms with Gasteiger partial charge in [-0.05, 0) is 25.7 Å². The van der Waals surface area contributed by atoms with Gasteiger partial charge >= 0.3 is 0 Å². The maximum absolute atomic E-state index is 12.1. The number of hydrogen-bond donors (Lipinski definition) is 0. The van der Waals surface area contributed by atoms with Crippen LogP contribution < -0.4 is 0 Å². The van der Waals surface area contributed by atoms with Gasteiger partial charge in [-0.3, -0.25) is 9.69 Å². The molecule has 5 heteroatoms. The number of rotatable bonds is 4. The summed E-state index contributed by atoms with van der Waals surface area (Å²) in [6, 6.07) is 1.83. The van der Waals surface area contributed by atoms with Crippen LogP contribution in [0, 0.1) is 12.8 Å². The van der Waals surface area contributed by atoms with E-state index < -0.39 is 0 Å². The molecule has 5 nitrogen and oxygen atoms in total. The molecule has 1 aromatic rings. The molecule has 1 aliphatic heterocycles. The molecular formula is C14H21N3O2. The van der Waals surface area contributed by atoms with E-state index in [-0.39, 0.29) is 5.91 Å². The zero-order chi connectivity index (χ0) is 13.2. The van der Waals surface area contributed by atoms with Gasteiger partial charge in [-0.25, -0.2) is 0 Å². The molecule has 1 aliphatic carbocycles. The maximum atomic E-state index is 12.1. The topological polar surface area (TPSA) is 49.6 Å². The fourth-order valence-corrected chi connectivity index (χ4v) is 2.61. The van der Waals surface area contributed by atoms with E-state index in [4.69, 9.17) is 4.52 Å². The number of hydrogen-bond acceptors (Lipinski definition) is 4. The van der Waals surface area contributed by atoms with Gasteiger partial charge in [0, 0.05) is 38.8 Å². The summed E-state index contributed by atoms with van der Waals surface area (Å²) in [5, 5.41) is 3.81. The standard InChI is InChI=1S/C14H21N3O2/c1-11-8-13(19-15-11)9-14(18)17-6-4-16(5-7-17)10-12-2-3-12/h8,12H,2-7,9-10H2,1H3. The highest BCUT2D eigenvalue weighted by Crippen LogP contribution is 2.29. The molecule has 1 amide bonds. The summed E-state index contributed by atoms with van der Waals surface area (Å²) in [5.41, 5.74) is 0.831. The molecule has 3 rings (SSSR count). The van der Waals surface area contributed by atoms with Gasteiger partial charge in [0.15, 0.2) is 0 Å². The lowest BCUT2D eigenvalue weighted by Crippen LogP contribution is -2.49. The monoisotopic (exact) mass is 263 g/mol. The van der Waals surface area contributed by atoms with Gasteiger partial charge in [-0.1, -0.05) is 5.16 Å². The Bertz CT molecular complexity index is 445. The third-order valence-electron chi connectivity index (χ3n) is 3.94. The molecule has 0 radical (unpaired) electrons. The van der Waals surface area contributed by atoms with E-state index in [1.807, 2.05) is 17.9 Å². The number of aromatic nitrogens is 1. The molecule has 0 spiro atoms. The van der Waals surface area contributed by atoms with Crippen LogP contribution in [0.1, 0.15) is 24.3 Å². The molecule has 2 heterocycles. The molecule has 2 fully saturated rings. The van der Waals surface area contributed by atoms with Crippen molar-refractivity contribution >= 4 is 5.91 Å². The first kappa shape index (κ1) is 12.7. The molecule has 1 aromatic heterocycles. The van der Waals surface area contributed by atoms with Crippen molar-refractivity contribution in [3.8, 4) is 0 Å². The van der Waals surface area contributed by atoms with Gasteiger partial charge in [0.25, 0.3) is 0 Å². The Kier molecular flexibility index (Phi) is 3.55. The molecule has 0 unspecified atom stereocenters. The first-order chi connectivity index (χ1) is 9.20. The quantitative estimate of drug-likeness (QED) is 0.815. The van der Waals surface area contributed by atoms with Crippen LogP contribution in [0.4, 0.5) is 0 Å². The number of carbonyl (C=O) groups is 1. The number of nitrogens with zero attached hydrogens (tertiary/aromatic N) is 3. The molecule has 2 aliphatic rings. The van der Waals surface area contributed by atoms with E-state index in [2.05, 4.69) is 10.1 Å². The Morgan fingerprint density at radius 2 is 2.11 bits per heavy atom. The Labute approximate surface area is 113 Å². The van der Waals surface area contributed by atoms with Crippen molar-refractivity contribution in [1.82, 2.24) is 15.0 Å². The third-order valence-corrected chi connectivity index (χ3v) is 3.94. The summed E-state index contributed by atoms with van der Waals surface area (Å²) in [7, 11) is 0. The van der Waals surface area contributed by atoms with Crippen LogP contribution in [0.15, 0.2) is 10.6 Å². The summed E-state index contributed by atoms with van der Waals surface area (Å²) in [6.45, 7) is 6.81. The predicted molar refractivity (Wildman–Crippen MR) is 70.7 cm³/mol.